The topological polar surface area (TPSA) is 104 Å². The third kappa shape index (κ3) is 3.31. The lowest BCUT2D eigenvalue weighted by Gasteiger charge is -2.11. The molecule has 0 bridgehead atoms. The molecule has 3 heterocycles. The van der Waals surface area contributed by atoms with Gasteiger partial charge in [-0.05, 0) is 6.07 Å². The highest BCUT2D eigenvalue weighted by molar-refractivity contribution is 7.94. The van der Waals surface area contributed by atoms with Gasteiger partial charge in [0.2, 0.25) is 0 Å². The van der Waals surface area contributed by atoms with Crippen molar-refractivity contribution in [1.29, 1.82) is 0 Å². The first-order valence-electron chi connectivity index (χ1n) is 8.30. The average Bonchev–Trinajstić information content (AvgIpc) is 3.29. The second kappa shape index (κ2) is 6.39. The van der Waals surface area contributed by atoms with Crippen LogP contribution in [-0.2, 0) is 14.6 Å². The molecule has 2 aliphatic heterocycles. The maximum Gasteiger partial charge on any atom is 0.254 e. The van der Waals surface area contributed by atoms with E-state index in [0.717, 1.165) is 16.9 Å². The highest BCUT2D eigenvalue weighted by atomic mass is 32.2. The van der Waals surface area contributed by atoms with E-state index in [9.17, 15) is 13.2 Å². The van der Waals surface area contributed by atoms with Gasteiger partial charge in [-0.2, -0.15) is 0 Å². The molecule has 1 fully saturated rings. The maximum absolute atomic E-state index is 12.5. The molecule has 26 heavy (non-hydrogen) atoms. The minimum atomic E-state index is -3.13. The quantitative estimate of drug-likeness (QED) is 0.684. The van der Waals surface area contributed by atoms with Gasteiger partial charge in [0.05, 0.1) is 22.7 Å². The third-order valence-corrected chi connectivity index (χ3v) is 5.90. The summed E-state index contributed by atoms with van der Waals surface area (Å²) in [4.78, 5) is 15.5. The van der Waals surface area contributed by atoms with Crippen LogP contribution in [0.3, 0.4) is 0 Å². The van der Waals surface area contributed by atoms with Gasteiger partial charge in [0.1, 0.15) is 12.3 Å². The van der Waals surface area contributed by atoms with Gasteiger partial charge in [0, 0.05) is 24.1 Å². The van der Waals surface area contributed by atoms with Gasteiger partial charge in [0.15, 0.2) is 9.84 Å². The van der Waals surface area contributed by atoms with Gasteiger partial charge in [-0.15, -0.1) is 0 Å². The predicted octanol–water partition coefficient (Wildman–Crippen LogP) is 1.38. The SMILES string of the molecule is CNc1cc(C2OC2NC2C=CS(=O)(=O)C2)c(=O)[nH]c1-c1ccccc1. The molecule has 0 aliphatic carbocycles. The number of nitrogens with one attached hydrogen (secondary N) is 3. The summed E-state index contributed by atoms with van der Waals surface area (Å²) in [5.74, 6) is 0.0185. The second-order valence-electron chi connectivity index (χ2n) is 6.37. The van der Waals surface area contributed by atoms with E-state index < -0.39 is 15.9 Å². The first-order chi connectivity index (χ1) is 12.5. The zero-order valence-electron chi connectivity index (χ0n) is 14.1. The summed E-state index contributed by atoms with van der Waals surface area (Å²) in [6.07, 6.45) is 0.842. The van der Waals surface area contributed by atoms with E-state index >= 15 is 0 Å². The Hall–Kier alpha value is -2.42. The molecule has 2 aromatic rings. The van der Waals surface area contributed by atoms with Crippen molar-refractivity contribution in [2.24, 2.45) is 0 Å². The van der Waals surface area contributed by atoms with Crippen molar-refractivity contribution in [1.82, 2.24) is 10.3 Å². The lowest BCUT2D eigenvalue weighted by molar-refractivity contribution is 0.340. The molecule has 3 N–H and O–H groups in total. The summed E-state index contributed by atoms with van der Waals surface area (Å²) in [6, 6.07) is 11.1. The van der Waals surface area contributed by atoms with Crippen LogP contribution < -0.4 is 16.2 Å². The molecule has 0 spiro atoms. The number of sulfone groups is 1. The average molecular weight is 373 g/mol. The monoisotopic (exact) mass is 373 g/mol. The number of hydrogen-bond acceptors (Lipinski definition) is 6. The highest BCUT2D eigenvalue weighted by Gasteiger charge is 2.44. The lowest BCUT2D eigenvalue weighted by atomic mass is 10.1. The van der Waals surface area contributed by atoms with E-state index in [2.05, 4.69) is 15.6 Å². The van der Waals surface area contributed by atoms with Crippen LogP contribution in [0.15, 0.2) is 52.7 Å². The van der Waals surface area contributed by atoms with Crippen LogP contribution in [0.25, 0.3) is 11.3 Å². The Morgan fingerprint density at radius 3 is 2.65 bits per heavy atom. The Kier molecular flexibility index (Phi) is 4.18. The molecule has 0 amide bonds. The molecule has 0 saturated carbocycles. The van der Waals surface area contributed by atoms with Crippen molar-refractivity contribution >= 4 is 15.5 Å². The van der Waals surface area contributed by atoms with E-state index in [1.807, 2.05) is 30.3 Å². The zero-order chi connectivity index (χ0) is 18.3. The number of pyridine rings is 1. The maximum atomic E-state index is 12.5. The number of anilines is 1. The van der Waals surface area contributed by atoms with Gasteiger partial charge in [0.25, 0.3) is 5.56 Å². The summed E-state index contributed by atoms with van der Waals surface area (Å²) in [5.41, 5.74) is 2.72. The van der Waals surface area contributed by atoms with E-state index in [1.54, 1.807) is 19.2 Å². The summed E-state index contributed by atoms with van der Waals surface area (Å²) in [6.45, 7) is 0. The molecule has 1 aromatic heterocycles. The largest absolute Gasteiger partial charge is 0.386 e. The molecule has 136 valence electrons. The molecule has 1 saturated heterocycles. The number of epoxide rings is 1. The van der Waals surface area contributed by atoms with Gasteiger partial charge >= 0.3 is 0 Å². The van der Waals surface area contributed by atoms with Gasteiger partial charge in [-0.25, -0.2) is 8.42 Å². The second-order valence-corrected chi connectivity index (χ2v) is 8.30. The van der Waals surface area contributed by atoms with Crippen LogP contribution >= 0.6 is 0 Å². The van der Waals surface area contributed by atoms with Crippen molar-refractivity contribution in [2.75, 3.05) is 18.1 Å². The normalized spacial score (nSPS) is 26.0. The molecular weight excluding hydrogens is 354 g/mol. The first-order valence-corrected chi connectivity index (χ1v) is 10.0. The summed E-state index contributed by atoms with van der Waals surface area (Å²) in [7, 11) is -1.33. The Balaban J connectivity index is 1.55. The molecule has 1 aromatic carbocycles. The van der Waals surface area contributed by atoms with Crippen molar-refractivity contribution in [2.45, 2.75) is 18.4 Å². The Morgan fingerprint density at radius 1 is 1.23 bits per heavy atom. The molecule has 8 heteroatoms. The fraction of sp³-hybridized carbons (Fsp3) is 0.278. The van der Waals surface area contributed by atoms with Crippen LogP contribution in [-0.4, -0.2) is 38.5 Å². The highest BCUT2D eigenvalue weighted by Crippen LogP contribution is 2.38. The minimum Gasteiger partial charge on any atom is -0.386 e. The van der Waals surface area contributed by atoms with Gasteiger partial charge in [-0.1, -0.05) is 36.4 Å². The van der Waals surface area contributed by atoms with E-state index in [4.69, 9.17) is 4.74 Å². The fourth-order valence-electron chi connectivity index (χ4n) is 3.15. The van der Waals surface area contributed by atoms with Crippen LogP contribution in [0, 0.1) is 0 Å². The number of aromatic amines is 1. The van der Waals surface area contributed by atoms with Crippen LogP contribution in [0.2, 0.25) is 0 Å². The van der Waals surface area contributed by atoms with Crippen molar-refractivity contribution < 1.29 is 13.2 Å². The number of hydrogen-bond donors (Lipinski definition) is 3. The van der Waals surface area contributed by atoms with E-state index in [-0.39, 0.29) is 23.6 Å². The molecule has 3 unspecified atom stereocenters. The van der Waals surface area contributed by atoms with E-state index in [1.165, 1.54) is 5.41 Å². The molecule has 4 rings (SSSR count). The van der Waals surface area contributed by atoms with Crippen LogP contribution in [0.4, 0.5) is 5.69 Å². The standard InChI is InChI=1S/C18H19N3O4S/c1-19-14-9-13(17(22)21-15(14)11-5-3-2-4-6-11)16-18(25-16)20-12-7-8-26(23,24)10-12/h2-9,12,16,18-20H,10H2,1H3,(H,21,22). The number of benzene rings is 1. The van der Waals surface area contributed by atoms with Crippen LogP contribution in [0.5, 0.6) is 0 Å². The zero-order valence-corrected chi connectivity index (χ0v) is 14.9. The van der Waals surface area contributed by atoms with E-state index in [0.29, 0.717) is 5.56 Å². The Labute approximate surface area is 151 Å². The fourth-order valence-corrected chi connectivity index (χ4v) is 4.40. The van der Waals surface area contributed by atoms with Crippen molar-refractivity contribution in [3.8, 4) is 11.3 Å². The van der Waals surface area contributed by atoms with Crippen molar-refractivity contribution in [3.05, 3.63) is 63.8 Å². The number of aromatic nitrogens is 1. The molecule has 2 aliphatic rings. The van der Waals surface area contributed by atoms with Crippen LogP contribution in [0.1, 0.15) is 11.7 Å². The summed E-state index contributed by atoms with van der Waals surface area (Å²) >= 11 is 0. The summed E-state index contributed by atoms with van der Waals surface area (Å²) in [5, 5.41) is 7.42. The van der Waals surface area contributed by atoms with Crippen molar-refractivity contribution in [3.63, 3.8) is 0 Å². The number of ether oxygens (including phenoxy) is 1. The first kappa shape index (κ1) is 17.0. The molecule has 0 radical (unpaired) electrons. The Morgan fingerprint density at radius 2 is 2.00 bits per heavy atom. The lowest BCUT2D eigenvalue weighted by Crippen LogP contribution is -2.33. The number of rotatable bonds is 5. The molecule has 3 atom stereocenters. The molecular formula is C18H19N3O4S. The smallest absolute Gasteiger partial charge is 0.254 e. The summed E-state index contributed by atoms with van der Waals surface area (Å²) < 4.78 is 28.5. The van der Waals surface area contributed by atoms with Gasteiger partial charge < -0.3 is 15.0 Å². The number of H-pyrrole nitrogens is 1. The Bertz CT molecular complexity index is 1010. The van der Waals surface area contributed by atoms with Gasteiger partial charge in [-0.3, -0.25) is 10.1 Å². The third-order valence-electron chi connectivity index (χ3n) is 4.51. The predicted molar refractivity (Wildman–Crippen MR) is 99.5 cm³/mol. The molecule has 7 nitrogen and oxygen atoms in total. The minimum absolute atomic E-state index is 0.0185.